The average Bonchev–Trinajstić information content (AvgIpc) is 3.22. The van der Waals surface area contributed by atoms with Crippen LogP contribution in [0.2, 0.25) is 0 Å². The van der Waals surface area contributed by atoms with Crippen molar-refractivity contribution in [3.8, 4) is 0 Å². The van der Waals surface area contributed by atoms with E-state index in [4.69, 9.17) is 0 Å². The summed E-state index contributed by atoms with van der Waals surface area (Å²) in [5.41, 5.74) is 0.191. The van der Waals surface area contributed by atoms with E-state index in [1.165, 1.54) is 4.88 Å². The Balaban J connectivity index is 1.54. The van der Waals surface area contributed by atoms with Gasteiger partial charge in [0.1, 0.15) is 0 Å². The minimum absolute atomic E-state index is 0.0492. The van der Waals surface area contributed by atoms with E-state index in [0.717, 1.165) is 12.8 Å². The zero-order valence-electron chi connectivity index (χ0n) is 15.7. The molecule has 2 heterocycles. The van der Waals surface area contributed by atoms with Crippen molar-refractivity contribution in [3.63, 3.8) is 0 Å². The van der Waals surface area contributed by atoms with Crippen molar-refractivity contribution < 1.29 is 18.0 Å². The number of rotatable bonds is 7. The van der Waals surface area contributed by atoms with Gasteiger partial charge >= 0.3 is 0 Å². The number of thiophene rings is 1. The van der Waals surface area contributed by atoms with Crippen LogP contribution in [0, 0.1) is 0 Å². The predicted molar refractivity (Wildman–Crippen MR) is 111 cm³/mol. The van der Waals surface area contributed by atoms with Crippen LogP contribution < -0.4 is 10.6 Å². The minimum Gasteiger partial charge on any atom is -0.346 e. The maximum atomic E-state index is 12.5. The lowest BCUT2D eigenvalue weighted by Crippen LogP contribution is -2.46. The molecule has 1 aromatic carbocycles. The van der Waals surface area contributed by atoms with Crippen LogP contribution in [0.3, 0.4) is 0 Å². The molecule has 1 aliphatic heterocycles. The molecule has 0 bridgehead atoms. The Hall–Kier alpha value is -2.19. The van der Waals surface area contributed by atoms with Crippen molar-refractivity contribution in [2.75, 3.05) is 16.8 Å². The highest BCUT2D eigenvalue weighted by Crippen LogP contribution is 2.23. The molecule has 0 saturated carbocycles. The van der Waals surface area contributed by atoms with Gasteiger partial charge in [0, 0.05) is 22.5 Å². The zero-order chi connectivity index (χ0) is 20.2. The molecule has 0 radical (unpaired) electrons. The van der Waals surface area contributed by atoms with Crippen molar-refractivity contribution in [2.45, 2.75) is 38.1 Å². The van der Waals surface area contributed by atoms with Crippen molar-refractivity contribution >= 4 is 38.7 Å². The number of anilines is 1. The van der Waals surface area contributed by atoms with Gasteiger partial charge in [0.15, 0.2) is 9.84 Å². The molecule has 150 valence electrons. The summed E-state index contributed by atoms with van der Waals surface area (Å²) in [6.45, 7) is 1.74. The molecular formula is C20H24N2O4S2. The summed E-state index contributed by atoms with van der Waals surface area (Å²) in [5, 5.41) is 7.67. The molecule has 0 spiro atoms. The maximum Gasteiger partial charge on any atom is 0.251 e. The first kappa shape index (κ1) is 20.5. The molecule has 28 heavy (non-hydrogen) atoms. The largest absolute Gasteiger partial charge is 0.346 e. The summed E-state index contributed by atoms with van der Waals surface area (Å²) in [7, 11) is -3.10. The van der Waals surface area contributed by atoms with Crippen molar-refractivity contribution in [2.24, 2.45) is 0 Å². The Labute approximate surface area is 169 Å². The van der Waals surface area contributed by atoms with Gasteiger partial charge in [-0.3, -0.25) is 9.59 Å². The second kappa shape index (κ2) is 8.45. The smallest absolute Gasteiger partial charge is 0.251 e. The second-order valence-corrected chi connectivity index (χ2v) is 10.6. The Bertz CT molecular complexity index is 954. The normalized spacial score (nSPS) is 20.6. The minimum atomic E-state index is -3.10. The van der Waals surface area contributed by atoms with Crippen molar-refractivity contribution in [1.82, 2.24) is 5.32 Å². The quantitative estimate of drug-likeness (QED) is 0.720. The van der Waals surface area contributed by atoms with Gasteiger partial charge in [-0.05, 0) is 55.8 Å². The van der Waals surface area contributed by atoms with Gasteiger partial charge < -0.3 is 10.6 Å². The number of hydrogen-bond acceptors (Lipinski definition) is 5. The van der Waals surface area contributed by atoms with Gasteiger partial charge in [0.25, 0.3) is 5.91 Å². The first-order valence-corrected chi connectivity index (χ1v) is 11.9. The molecule has 2 aromatic rings. The lowest BCUT2D eigenvalue weighted by atomic mass is 10.0. The summed E-state index contributed by atoms with van der Waals surface area (Å²) in [4.78, 5) is 25.9. The molecule has 8 heteroatoms. The molecule has 2 N–H and O–H groups in total. The molecule has 1 fully saturated rings. The third-order valence-electron chi connectivity index (χ3n) is 4.73. The molecule has 1 aliphatic rings. The fraction of sp³-hybridized carbons (Fsp3) is 0.400. The third kappa shape index (κ3) is 5.65. The van der Waals surface area contributed by atoms with Crippen molar-refractivity contribution in [1.29, 1.82) is 0 Å². The van der Waals surface area contributed by atoms with Crippen LogP contribution in [0.4, 0.5) is 5.69 Å². The van der Waals surface area contributed by atoms with Gasteiger partial charge in [0.2, 0.25) is 5.91 Å². The van der Waals surface area contributed by atoms with E-state index in [9.17, 15) is 18.0 Å². The summed E-state index contributed by atoms with van der Waals surface area (Å²) >= 11 is 1.68. The molecule has 2 amide bonds. The number of carbonyl (C=O) groups is 2. The van der Waals surface area contributed by atoms with E-state index in [-0.39, 0.29) is 23.3 Å². The Kier molecular flexibility index (Phi) is 6.20. The highest BCUT2D eigenvalue weighted by Gasteiger charge is 2.39. The third-order valence-corrected chi connectivity index (χ3v) is 7.57. The topological polar surface area (TPSA) is 92.3 Å². The Morgan fingerprint density at radius 2 is 2.04 bits per heavy atom. The molecule has 6 nitrogen and oxygen atoms in total. The molecule has 1 saturated heterocycles. The average molecular weight is 421 g/mol. The first-order valence-electron chi connectivity index (χ1n) is 9.20. The Morgan fingerprint density at radius 3 is 2.71 bits per heavy atom. The highest BCUT2D eigenvalue weighted by atomic mass is 32.2. The van der Waals surface area contributed by atoms with E-state index in [2.05, 4.69) is 16.7 Å². The molecular weight excluding hydrogens is 396 g/mol. The van der Waals surface area contributed by atoms with Crippen LogP contribution in [0.5, 0.6) is 0 Å². The molecule has 1 atom stereocenters. The van der Waals surface area contributed by atoms with Crippen LogP contribution in [0.25, 0.3) is 0 Å². The summed E-state index contributed by atoms with van der Waals surface area (Å²) in [5.74, 6) is -0.394. The SMILES string of the molecule is CC1(NC(=O)c2cccc(NC(=O)CCCc3cccs3)c2)CCS(=O)(=O)C1. The number of benzene rings is 1. The van der Waals surface area contributed by atoms with Gasteiger partial charge in [0.05, 0.1) is 17.0 Å². The molecule has 0 aliphatic carbocycles. The number of hydrogen-bond donors (Lipinski definition) is 2. The number of carbonyl (C=O) groups excluding carboxylic acids is 2. The summed E-state index contributed by atoms with van der Waals surface area (Å²) < 4.78 is 23.4. The van der Waals surface area contributed by atoms with Gasteiger partial charge in [-0.15, -0.1) is 11.3 Å². The molecule has 1 unspecified atom stereocenters. The van der Waals surface area contributed by atoms with Crippen LogP contribution in [0.15, 0.2) is 41.8 Å². The number of amides is 2. The van der Waals surface area contributed by atoms with Gasteiger partial charge in [-0.1, -0.05) is 12.1 Å². The van der Waals surface area contributed by atoms with Gasteiger partial charge in [-0.2, -0.15) is 0 Å². The first-order chi connectivity index (χ1) is 13.2. The van der Waals surface area contributed by atoms with Crippen molar-refractivity contribution in [3.05, 3.63) is 52.2 Å². The predicted octanol–water partition coefficient (Wildman–Crippen LogP) is 3.02. The number of sulfone groups is 1. The standard InChI is InChI=1S/C20H24N2O4S2/c1-20(10-12-28(25,26)14-20)22-19(24)15-5-2-6-16(13-15)21-18(23)9-3-7-17-8-4-11-27-17/h2,4-6,8,11,13H,3,7,9-10,12,14H2,1H3,(H,21,23)(H,22,24). The lowest BCUT2D eigenvalue weighted by molar-refractivity contribution is -0.116. The zero-order valence-corrected chi connectivity index (χ0v) is 17.4. The van der Waals surface area contributed by atoms with E-state index in [1.54, 1.807) is 42.5 Å². The second-order valence-electron chi connectivity index (χ2n) is 7.42. The summed E-state index contributed by atoms with van der Waals surface area (Å²) in [6, 6.07) is 10.7. The van der Waals surface area contributed by atoms with Crippen LogP contribution in [-0.4, -0.2) is 37.3 Å². The highest BCUT2D eigenvalue weighted by molar-refractivity contribution is 7.91. The summed E-state index contributed by atoms with van der Waals surface area (Å²) in [6.07, 6.45) is 2.44. The van der Waals surface area contributed by atoms with Crippen LogP contribution in [0.1, 0.15) is 41.4 Å². The maximum absolute atomic E-state index is 12.5. The number of aryl methyl sites for hydroxylation is 1. The van der Waals surface area contributed by atoms with E-state index in [0.29, 0.717) is 24.1 Å². The number of nitrogens with one attached hydrogen (secondary N) is 2. The van der Waals surface area contributed by atoms with E-state index >= 15 is 0 Å². The van der Waals surface area contributed by atoms with E-state index in [1.807, 2.05) is 11.4 Å². The Morgan fingerprint density at radius 1 is 1.21 bits per heavy atom. The van der Waals surface area contributed by atoms with Gasteiger partial charge in [-0.25, -0.2) is 8.42 Å². The lowest BCUT2D eigenvalue weighted by Gasteiger charge is -2.24. The monoisotopic (exact) mass is 420 g/mol. The fourth-order valence-corrected chi connectivity index (χ4v) is 6.14. The molecule has 3 rings (SSSR count). The molecule has 1 aromatic heterocycles. The van der Waals surface area contributed by atoms with E-state index < -0.39 is 15.4 Å². The fourth-order valence-electron chi connectivity index (χ4n) is 3.29. The van der Waals surface area contributed by atoms with Crippen LogP contribution >= 0.6 is 11.3 Å². The van der Waals surface area contributed by atoms with Crippen LogP contribution in [-0.2, 0) is 21.1 Å².